The summed E-state index contributed by atoms with van der Waals surface area (Å²) in [6, 6.07) is 0.0263. The highest BCUT2D eigenvalue weighted by Crippen LogP contribution is 2.37. The molecule has 0 aliphatic heterocycles. The fraction of sp³-hybridized carbons (Fsp3) is 0.909. The molecule has 0 spiro atoms. The standard InChI is InChI=1S/C11H22N2O2S2/c1-4-9(10(12)16)17(14,15)13-8-5-6-11(2,3)7-8/h8-9,13H,4-7H2,1-3H3,(H2,12,16). The predicted octanol–water partition coefficient (Wildman–Crippen LogP) is 1.55. The molecule has 0 amide bonds. The van der Waals surface area contributed by atoms with E-state index in [1.807, 2.05) is 0 Å². The average molecular weight is 278 g/mol. The molecular formula is C11H22N2O2S2. The molecule has 100 valence electrons. The quantitative estimate of drug-likeness (QED) is 0.748. The zero-order chi connectivity index (χ0) is 13.3. The Morgan fingerprint density at radius 2 is 2.18 bits per heavy atom. The van der Waals surface area contributed by atoms with Crippen molar-refractivity contribution in [3.63, 3.8) is 0 Å². The van der Waals surface area contributed by atoms with E-state index in [1.54, 1.807) is 6.92 Å². The van der Waals surface area contributed by atoms with Crippen molar-refractivity contribution in [1.82, 2.24) is 4.72 Å². The Kier molecular flexibility index (Phi) is 4.54. The van der Waals surface area contributed by atoms with Crippen molar-refractivity contribution in [2.45, 2.75) is 57.7 Å². The molecule has 0 saturated heterocycles. The van der Waals surface area contributed by atoms with Crippen molar-refractivity contribution >= 4 is 27.2 Å². The number of nitrogens with two attached hydrogens (primary N) is 1. The number of hydrogen-bond donors (Lipinski definition) is 2. The van der Waals surface area contributed by atoms with E-state index in [-0.39, 0.29) is 16.4 Å². The Bertz CT molecular complexity index is 390. The Balaban J connectivity index is 2.71. The molecule has 0 bridgehead atoms. The summed E-state index contributed by atoms with van der Waals surface area (Å²) in [6.45, 7) is 6.10. The normalized spacial score (nSPS) is 25.7. The van der Waals surface area contributed by atoms with Gasteiger partial charge in [0, 0.05) is 6.04 Å². The first-order chi connectivity index (χ1) is 7.68. The van der Waals surface area contributed by atoms with Gasteiger partial charge in [0.25, 0.3) is 0 Å². The lowest BCUT2D eigenvalue weighted by molar-refractivity contribution is 0.372. The predicted molar refractivity (Wildman–Crippen MR) is 74.3 cm³/mol. The summed E-state index contributed by atoms with van der Waals surface area (Å²) >= 11 is 4.81. The van der Waals surface area contributed by atoms with Crippen LogP contribution in [0.1, 0.15) is 46.5 Å². The van der Waals surface area contributed by atoms with Gasteiger partial charge in [-0.1, -0.05) is 33.0 Å². The van der Waals surface area contributed by atoms with Crippen LogP contribution in [0.15, 0.2) is 0 Å². The summed E-state index contributed by atoms with van der Waals surface area (Å²) in [5.41, 5.74) is 5.69. The van der Waals surface area contributed by atoms with E-state index in [4.69, 9.17) is 18.0 Å². The Morgan fingerprint density at radius 3 is 2.53 bits per heavy atom. The van der Waals surface area contributed by atoms with Crippen LogP contribution >= 0.6 is 12.2 Å². The summed E-state index contributed by atoms with van der Waals surface area (Å²) in [4.78, 5) is 0.0530. The van der Waals surface area contributed by atoms with E-state index in [0.29, 0.717) is 6.42 Å². The van der Waals surface area contributed by atoms with Crippen LogP contribution in [-0.2, 0) is 10.0 Å². The number of thiocarbonyl (C=S) groups is 1. The van der Waals surface area contributed by atoms with Crippen LogP contribution in [-0.4, -0.2) is 24.7 Å². The highest BCUT2D eigenvalue weighted by atomic mass is 32.2. The molecule has 6 heteroatoms. The lowest BCUT2D eigenvalue weighted by Crippen LogP contribution is -2.45. The van der Waals surface area contributed by atoms with Gasteiger partial charge >= 0.3 is 0 Å². The fourth-order valence-corrected chi connectivity index (χ4v) is 4.55. The molecular weight excluding hydrogens is 256 g/mol. The first-order valence-corrected chi connectivity index (χ1v) is 7.94. The Hall–Kier alpha value is -0.200. The maximum Gasteiger partial charge on any atom is 0.221 e. The molecule has 17 heavy (non-hydrogen) atoms. The minimum absolute atomic E-state index is 0.0263. The second kappa shape index (κ2) is 5.20. The molecule has 0 aromatic heterocycles. The van der Waals surface area contributed by atoms with E-state index in [9.17, 15) is 8.42 Å². The van der Waals surface area contributed by atoms with Crippen molar-refractivity contribution < 1.29 is 8.42 Å². The van der Waals surface area contributed by atoms with Crippen LogP contribution in [0.5, 0.6) is 0 Å². The van der Waals surface area contributed by atoms with Crippen LogP contribution in [0.25, 0.3) is 0 Å². The lowest BCUT2D eigenvalue weighted by atomic mass is 9.92. The molecule has 4 nitrogen and oxygen atoms in total. The van der Waals surface area contributed by atoms with Gasteiger partial charge in [0.2, 0.25) is 10.0 Å². The zero-order valence-corrected chi connectivity index (χ0v) is 12.3. The average Bonchev–Trinajstić information content (AvgIpc) is 2.43. The van der Waals surface area contributed by atoms with Crippen molar-refractivity contribution in [2.24, 2.45) is 11.1 Å². The molecule has 3 N–H and O–H groups in total. The van der Waals surface area contributed by atoms with Crippen LogP contribution < -0.4 is 10.5 Å². The van der Waals surface area contributed by atoms with Gasteiger partial charge in [0.1, 0.15) is 5.25 Å². The summed E-state index contributed by atoms with van der Waals surface area (Å²) in [5.74, 6) is 0. The van der Waals surface area contributed by atoms with Gasteiger partial charge in [-0.25, -0.2) is 13.1 Å². The van der Waals surface area contributed by atoms with Gasteiger partial charge in [-0.3, -0.25) is 0 Å². The highest BCUT2D eigenvalue weighted by Gasteiger charge is 2.35. The van der Waals surface area contributed by atoms with Crippen LogP contribution in [0, 0.1) is 5.41 Å². The van der Waals surface area contributed by atoms with Gasteiger partial charge < -0.3 is 5.73 Å². The zero-order valence-electron chi connectivity index (χ0n) is 10.7. The maximum absolute atomic E-state index is 12.1. The van der Waals surface area contributed by atoms with E-state index >= 15 is 0 Å². The fourth-order valence-electron chi connectivity index (χ4n) is 2.42. The molecule has 0 radical (unpaired) electrons. The molecule has 1 rings (SSSR count). The monoisotopic (exact) mass is 278 g/mol. The Labute approximate surface area is 109 Å². The van der Waals surface area contributed by atoms with Gasteiger partial charge in [0.15, 0.2) is 0 Å². The molecule has 0 aromatic carbocycles. The molecule has 2 unspecified atom stereocenters. The number of sulfonamides is 1. The number of hydrogen-bond acceptors (Lipinski definition) is 3. The van der Waals surface area contributed by atoms with Crippen molar-refractivity contribution in [3.8, 4) is 0 Å². The van der Waals surface area contributed by atoms with Gasteiger partial charge in [-0.2, -0.15) is 0 Å². The summed E-state index contributed by atoms with van der Waals surface area (Å²) in [5, 5.41) is -0.749. The second-order valence-electron chi connectivity index (χ2n) is 5.57. The third-order valence-electron chi connectivity index (χ3n) is 3.36. The largest absolute Gasteiger partial charge is 0.392 e. The van der Waals surface area contributed by atoms with Crippen LogP contribution in [0.3, 0.4) is 0 Å². The van der Waals surface area contributed by atoms with Gasteiger partial charge in [-0.15, -0.1) is 0 Å². The molecule has 1 aliphatic carbocycles. The van der Waals surface area contributed by atoms with Crippen molar-refractivity contribution in [3.05, 3.63) is 0 Å². The molecule has 2 atom stereocenters. The minimum atomic E-state index is -3.42. The van der Waals surface area contributed by atoms with E-state index in [0.717, 1.165) is 19.3 Å². The van der Waals surface area contributed by atoms with Crippen LogP contribution in [0.4, 0.5) is 0 Å². The topological polar surface area (TPSA) is 72.2 Å². The van der Waals surface area contributed by atoms with Crippen molar-refractivity contribution in [2.75, 3.05) is 0 Å². The summed E-state index contributed by atoms with van der Waals surface area (Å²) in [7, 11) is -3.42. The lowest BCUT2D eigenvalue weighted by Gasteiger charge is -2.21. The summed E-state index contributed by atoms with van der Waals surface area (Å²) in [6.07, 6.45) is 3.23. The number of nitrogens with one attached hydrogen (secondary N) is 1. The first-order valence-electron chi connectivity index (χ1n) is 5.98. The molecule has 0 aromatic rings. The molecule has 1 saturated carbocycles. The minimum Gasteiger partial charge on any atom is -0.392 e. The summed E-state index contributed by atoms with van der Waals surface area (Å²) < 4.78 is 26.9. The molecule has 1 aliphatic rings. The van der Waals surface area contributed by atoms with Crippen LogP contribution in [0.2, 0.25) is 0 Å². The molecule has 1 fully saturated rings. The highest BCUT2D eigenvalue weighted by molar-refractivity contribution is 7.93. The van der Waals surface area contributed by atoms with E-state index < -0.39 is 15.3 Å². The van der Waals surface area contributed by atoms with E-state index in [2.05, 4.69) is 18.6 Å². The smallest absolute Gasteiger partial charge is 0.221 e. The van der Waals surface area contributed by atoms with E-state index in [1.165, 1.54) is 0 Å². The molecule has 0 heterocycles. The third-order valence-corrected chi connectivity index (χ3v) is 5.79. The van der Waals surface area contributed by atoms with Gasteiger partial charge in [0.05, 0.1) is 4.99 Å². The number of rotatable bonds is 5. The third kappa shape index (κ3) is 3.89. The SMILES string of the molecule is CCC(C(N)=S)S(=O)(=O)NC1CCC(C)(C)C1. The first kappa shape index (κ1) is 14.9. The van der Waals surface area contributed by atoms with Gasteiger partial charge in [-0.05, 0) is 31.1 Å². The Morgan fingerprint density at radius 1 is 1.59 bits per heavy atom. The maximum atomic E-state index is 12.1. The van der Waals surface area contributed by atoms with Crippen molar-refractivity contribution in [1.29, 1.82) is 0 Å². The second-order valence-corrected chi connectivity index (χ2v) is 7.93.